The van der Waals surface area contributed by atoms with Crippen LogP contribution in [0.5, 0.6) is 11.5 Å². The van der Waals surface area contributed by atoms with Crippen molar-refractivity contribution in [1.82, 2.24) is 4.90 Å². The van der Waals surface area contributed by atoms with Crippen LogP contribution in [-0.4, -0.2) is 30.1 Å². The maximum Gasteiger partial charge on any atom is 0.165 e. The van der Waals surface area contributed by atoms with Crippen LogP contribution in [0.25, 0.3) is 10.8 Å². The summed E-state index contributed by atoms with van der Waals surface area (Å²) < 4.78 is 12.6. The van der Waals surface area contributed by atoms with Crippen molar-refractivity contribution in [3.8, 4) is 11.5 Å². The van der Waals surface area contributed by atoms with Gasteiger partial charge in [0.05, 0.1) is 7.11 Å². The van der Waals surface area contributed by atoms with Crippen LogP contribution in [-0.2, 0) is 22.6 Å². The van der Waals surface area contributed by atoms with Crippen LogP contribution >= 0.6 is 0 Å². The molecule has 0 N–H and O–H groups in total. The molecule has 0 bridgehead atoms. The van der Waals surface area contributed by atoms with E-state index in [1.807, 2.05) is 24.3 Å². The molecule has 0 unspecified atom stereocenters. The minimum atomic E-state index is -0.436. The lowest BCUT2D eigenvalue weighted by Crippen LogP contribution is -2.44. The van der Waals surface area contributed by atoms with Gasteiger partial charge in [-0.15, -0.1) is 6.58 Å². The van der Waals surface area contributed by atoms with Gasteiger partial charge in [-0.05, 0) is 65.0 Å². The number of rotatable bonds is 8. The van der Waals surface area contributed by atoms with E-state index in [0.29, 0.717) is 37.4 Å². The summed E-state index contributed by atoms with van der Waals surface area (Å²) in [6.45, 7) is 15.9. The summed E-state index contributed by atoms with van der Waals surface area (Å²) in [5.74, 6) is 1.09. The van der Waals surface area contributed by atoms with Crippen LogP contribution in [0, 0.1) is 10.8 Å². The Bertz CT molecular complexity index is 1710. The van der Waals surface area contributed by atoms with Gasteiger partial charge in [-0.1, -0.05) is 82.3 Å². The third-order valence-electron chi connectivity index (χ3n) is 9.66. The normalized spacial score (nSPS) is 19.5. The van der Waals surface area contributed by atoms with E-state index in [1.165, 1.54) is 5.39 Å². The van der Waals surface area contributed by atoms with Crippen molar-refractivity contribution in [2.75, 3.05) is 13.7 Å². The summed E-state index contributed by atoms with van der Waals surface area (Å²) in [5.41, 5.74) is 6.33. The number of hydrogen-bond donors (Lipinski definition) is 0. The predicted octanol–water partition coefficient (Wildman–Crippen LogP) is 8.86. The van der Waals surface area contributed by atoms with Crippen molar-refractivity contribution >= 4 is 22.3 Å². The van der Waals surface area contributed by atoms with E-state index in [1.54, 1.807) is 7.11 Å². The number of carbonyl (C=O) groups is 2. The highest BCUT2D eigenvalue weighted by molar-refractivity contribution is 6.07. The molecule has 6 rings (SSSR count). The average molecular weight is 604 g/mol. The number of Topliss-reactive ketones (excluding diaryl/α,β-unsaturated/α-hetero) is 2. The third kappa shape index (κ3) is 5.62. The lowest BCUT2D eigenvalue weighted by molar-refractivity contribution is -0.119. The maximum absolute atomic E-state index is 14.1. The number of ether oxygens (including phenoxy) is 2. The number of carbonyl (C=O) groups excluding carboxylic acids is 2. The molecule has 0 fully saturated rings. The summed E-state index contributed by atoms with van der Waals surface area (Å²) in [6.07, 6.45) is 4.94. The first-order chi connectivity index (χ1) is 21.5. The lowest BCUT2D eigenvalue weighted by Gasteiger charge is -2.49. The van der Waals surface area contributed by atoms with Gasteiger partial charge in [0.25, 0.3) is 0 Å². The maximum atomic E-state index is 14.1. The van der Waals surface area contributed by atoms with Crippen LogP contribution in [0.1, 0.15) is 82.9 Å². The first-order valence-corrected chi connectivity index (χ1v) is 16.2. The zero-order valence-corrected chi connectivity index (χ0v) is 27.6. The number of allylic oxidation sites excluding steroid dienone is 5. The van der Waals surface area contributed by atoms with Gasteiger partial charge in [-0.2, -0.15) is 0 Å². The molecule has 0 atom stereocenters. The molecule has 5 heteroatoms. The molecule has 3 aliphatic rings. The van der Waals surface area contributed by atoms with Gasteiger partial charge in [-0.3, -0.25) is 9.59 Å². The van der Waals surface area contributed by atoms with E-state index in [9.17, 15) is 9.59 Å². The van der Waals surface area contributed by atoms with E-state index in [4.69, 9.17) is 9.47 Å². The number of benzene rings is 3. The fourth-order valence-electron chi connectivity index (χ4n) is 7.80. The Morgan fingerprint density at radius 3 is 2.09 bits per heavy atom. The summed E-state index contributed by atoms with van der Waals surface area (Å²) >= 11 is 0. The molecular weight excluding hydrogens is 558 g/mol. The number of nitrogens with zero attached hydrogens (tertiary/aromatic N) is 1. The minimum Gasteiger partial charge on any atom is -0.493 e. The molecule has 0 amide bonds. The molecule has 1 heterocycles. The van der Waals surface area contributed by atoms with E-state index < -0.39 is 5.92 Å². The Labute approximate surface area is 267 Å². The Morgan fingerprint density at radius 1 is 0.867 bits per heavy atom. The Kier molecular flexibility index (Phi) is 8.01. The Hall–Kier alpha value is -4.12. The highest BCUT2D eigenvalue weighted by atomic mass is 16.5. The number of hydrogen-bond acceptors (Lipinski definition) is 5. The SMILES string of the molecule is C=CCc1cc(C2C3=C(CC(C)(C)CC3=O)N(CC)C3=C2C(=O)CC(C)(C)C3)cc(OC)c1OCc1cccc2ccccc12. The molecular formula is C40H45NO4. The second kappa shape index (κ2) is 11.7. The molecule has 0 saturated carbocycles. The van der Waals surface area contributed by atoms with Gasteiger partial charge in [0.15, 0.2) is 23.1 Å². The van der Waals surface area contributed by atoms with Gasteiger partial charge in [-0.25, -0.2) is 0 Å². The molecule has 3 aromatic carbocycles. The first kappa shape index (κ1) is 30.9. The van der Waals surface area contributed by atoms with Crippen molar-refractivity contribution in [3.05, 3.63) is 106 Å². The molecule has 234 valence electrons. The summed E-state index contributed by atoms with van der Waals surface area (Å²) in [5, 5.41) is 2.32. The largest absolute Gasteiger partial charge is 0.493 e. The van der Waals surface area contributed by atoms with Crippen LogP contribution in [0.3, 0.4) is 0 Å². The molecule has 0 aromatic heterocycles. The molecule has 0 saturated heterocycles. The summed E-state index contributed by atoms with van der Waals surface area (Å²) in [6, 6.07) is 18.7. The molecule has 2 aliphatic carbocycles. The van der Waals surface area contributed by atoms with Crippen LogP contribution < -0.4 is 9.47 Å². The second-order valence-electron chi connectivity index (χ2n) is 14.4. The number of ketones is 2. The first-order valence-electron chi connectivity index (χ1n) is 16.2. The van der Waals surface area contributed by atoms with Gasteiger partial charge < -0.3 is 14.4 Å². The molecule has 0 radical (unpaired) electrons. The molecule has 1 aliphatic heterocycles. The molecule has 5 nitrogen and oxygen atoms in total. The van der Waals surface area contributed by atoms with Gasteiger partial charge in [0.2, 0.25) is 0 Å². The van der Waals surface area contributed by atoms with Crippen LogP contribution in [0.4, 0.5) is 0 Å². The fraction of sp³-hybridized carbons (Fsp3) is 0.400. The summed E-state index contributed by atoms with van der Waals surface area (Å²) in [7, 11) is 1.65. The van der Waals surface area contributed by atoms with Crippen molar-refractivity contribution in [1.29, 1.82) is 0 Å². The molecule has 45 heavy (non-hydrogen) atoms. The quantitative estimate of drug-likeness (QED) is 0.241. The highest BCUT2D eigenvalue weighted by Gasteiger charge is 2.48. The van der Waals surface area contributed by atoms with E-state index in [2.05, 4.69) is 82.5 Å². The Morgan fingerprint density at radius 2 is 1.49 bits per heavy atom. The van der Waals surface area contributed by atoms with Crippen molar-refractivity contribution in [3.63, 3.8) is 0 Å². The topological polar surface area (TPSA) is 55.8 Å². The monoisotopic (exact) mass is 603 g/mol. The van der Waals surface area contributed by atoms with Gasteiger partial charge in [0.1, 0.15) is 6.61 Å². The zero-order chi connectivity index (χ0) is 32.1. The fourth-order valence-corrected chi connectivity index (χ4v) is 7.80. The number of fused-ring (bicyclic) bond motifs is 1. The molecule has 0 spiro atoms. The molecule has 3 aromatic rings. The van der Waals surface area contributed by atoms with Crippen LogP contribution in [0.15, 0.2) is 89.8 Å². The Balaban J connectivity index is 1.50. The lowest BCUT2D eigenvalue weighted by atomic mass is 9.63. The van der Waals surface area contributed by atoms with E-state index in [-0.39, 0.29) is 22.4 Å². The van der Waals surface area contributed by atoms with Crippen molar-refractivity contribution in [2.45, 2.75) is 79.2 Å². The smallest absolute Gasteiger partial charge is 0.165 e. The van der Waals surface area contributed by atoms with Crippen LogP contribution in [0.2, 0.25) is 0 Å². The van der Waals surface area contributed by atoms with Gasteiger partial charge >= 0.3 is 0 Å². The van der Waals surface area contributed by atoms with Crippen molar-refractivity contribution < 1.29 is 19.1 Å². The predicted molar refractivity (Wildman–Crippen MR) is 180 cm³/mol. The van der Waals surface area contributed by atoms with E-state index in [0.717, 1.165) is 64.0 Å². The number of methoxy groups -OCH3 is 1. The van der Waals surface area contributed by atoms with Crippen molar-refractivity contribution in [2.24, 2.45) is 10.8 Å². The zero-order valence-electron chi connectivity index (χ0n) is 27.6. The second-order valence-corrected chi connectivity index (χ2v) is 14.4. The van der Waals surface area contributed by atoms with Gasteiger partial charge in [0, 0.05) is 53.4 Å². The van der Waals surface area contributed by atoms with E-state index >= 15 is 0 Å². The minimum absolute atomic E-state index is 0.134. The third-order valence-corrected chi connectivity index (χ3v) is 9.66. The highest BCUT2D eigenvalue weighted by Crippen LogP contribution is 2.55. The average Bonchev–Trinajstić information content (AvgIpc) is 2.98. The summed E-state index contributed by atoms with van der Waals surface area (Å²) in [4.78, 5) is 30.5. The standard InChI is InChI=1S/C40H45NO4/c1-8-13-26-18-28(19-34(44-7)38(26)45-24-27-16-12-15-25-14-10-11-17-29(25)27)35-36-30(20-39(3,4)22-32(36)42)41(9-2)31-21-40(5,6)23-33(43)37(31)35/h8,10-12,14-19,35H,1,9,13,20-24H2,2-7H3.